The Morgan fingerprint density at radius 1 is 0.902 bits per heavy atom. The van der Waals surface area contributed by atoms with Crippen LogP contribution in [0.1, 0.15) is 63.2 Å². The molecule has 0 spiro atoms. The quantitative estimate of drug-likeness (QED) is 0.212. The van der Waals surface area contributed by atoms with Crippen molar-refractivity contribution in [2.75, 3.05) is 17.2 Å². The van der Waals surface area contributed by atoms with Gasteiger partial charge in [0.2, 0.25) is 0 Å². The van der Waals surface area contributed by atoms with Crippen molar-refractivity contribution in [2.24, 2.45) is 4.99 Å². The molecule has 4 aromatic rings. The van der Waals surface area contributed by atoms with Crippen LogP contribution in [0.3, 0.4) is 0 Å². The van der Waals surface area contributed by atoms with Gasteiger partial charge in [0.05, 0.1) is 5.56 Å². The van der Waals surface area contributed by atoms with E-state index in [-0.39, 0.29) is 18.4 Å². The second-order valence-corrected chi connectivity index (χ2v) is 11.5. The molecule has 0 fully saturated rings. The number of hydrogen-bond donors (Lipinski definition) is 2. The number of para-hydroxylation sites is 1. The molecule has 210 valence electrons. The summed E-state index contributed by atoms with van der Waals surface area (Å²) in [6.45, 7) is 3.96. The summed E-state index contributed by atoms with van der Waals surface area (Å²) < 4.78 is 5.65. The Bertz CT molecular complexity index is 1540. The monoisotopic (exact) mass is 565 g/mol. The number of thiophene rings is 1. The van der Waals surface area contributed by atoms with Gasteiger partial charge in [-0.2, -0.15) is 0 Å². The zero-order valence-electron chi connectivity index (χ0n) is 23.5. The number of fused-ring (bicyclic) bond motifs is 1. The molecule has 0 saturated heterocycles. The minimum Gasteiger partial charge on any atom is -0.484 e. The smallest absolute Gasteiger partial charge is 0.262 e. The SMILES string of the molecule is Cc1ccc(C)c(NC(=O)c2c(N=Cc3ccc(OCC(=O)Nc4ccccc4)cc3)sc3c2CCCCCC3)c1. The summed E-state index contributed by atoms with van der Waals surface area (Å²) in [7, 11) is 0. The molecule has 0 aliphatic heterocycles. The minimum atomic E-state index is -0.221. The lowest BCUT2D eigenvalue weighted by molar-refractivity contribution is -0.118. The van der Waals surface area contributed by atoms with Gasteiger partial charge in [-0.25, -0.2) is 4.99 Å². The highest BCUT2D eigenvalue weighted by molar-refractivity contribution is 7.16. The Labute approximate surface area is 245 Å². The molecule has 0 radical (unpaired) electrons. The Morgan fingerprint density at radius 3 is 2.44 bits per heavy atom. The summed E-state index contributed by atoms with van der Waals surface area (Å²) in [4.78, 5) is 32.0. The van der Waals surface area contributed by atoms with Crippen LogP contribution in [0.25, 0.3) is 0 Å². The zero-order valence-corrected chi connectivity index (χ0v) is 24.4. The van der Waals surface area contributed by atoms with E-state index in [0.717, 1.165) is 64.3 Å². The van der Waals surface area contributed by atoms with Gasteiger partial charge in [0.15, 0.2) is 6.61 Å². The second-order valence-electron chi connectivity index (χ2n) is 10.4. The molecule has 41 heavy (non-hydrogen) atoms. The lowest BCUT2D eigenvalue weighted by Crippen LogP contribution is -2.20. The number of amides is 2. The van der Waals surface area contributed by atoms with E-state index < -0.39 is 0 Å². The molecule has 0 unspecified atom stereocenters. The lowest BCUT2D eigenvalue weighted by atomic mass is 9.96. The van der Waals surface area contributed by atoms with Crippen molar-refractivity contribution in [2.45, 2.75) is 52.4 Å². The fraction of sp³-hybridized carbons (Fsp3) is 0.265. The van der Waals surface area contributed by atoms with E-state index in [1.54, 1.807) is 17.6 Å². The summed E-state index contributed by atoms with van der Waals surface area (Å²) in [5.74, 6) is 0.279. The van der Waals surface area contributed by atoms with Crippen LogP contribution in [-0.4, -0.2) is 24.6 Å². The van der Waals surface area contributed by atoms with E-state index in [0.29, 0.717) is 11.3 Å². The number of aliphatic imine (C=N–C) groups is 1. The maximum absolute atomic E-state index is 13.7. The molecule has 7 heteroatoms. The fourth-order valence-corrected chi connectivity index (χ4v) is 6.17. The minimum absolute atomic E-state index is 0.0814. The molecule has 2 N–H and O–H groups in total. The number of carbonyl (C=O) groups excluding carboxylic acids is 2. The summed E-state index contributed by atoms with van der Waals surface area (Å²) in [6.07, 6.45) is 8.32. The van der Waals surface area contributed by atoms with Crippen LogP contribution in [0.5, 0.6) is 5.75 Å². The van der Waals surface area contributed by atoms with Gasteiger partial charge in [-0.05, 0) is 104 Å². The highest BCUT2D eigenvalue weighted by atomic mass is 32.1. The molecule has 5 rings (SSSR count). The summed E-state index contributed by atoms with van der Waals surface area (Å²) in [5.41, 5.74) is 6.45. The molecule has 0 atom stereocenters. The molecule has 6 nitrogen and oxygen atoms in total. The van der Waals surface area contributed by atoms with E-state index in [1.165, 1.54) is 17.7 Å². The van der Waals surface area contributed by atoms with Gasteiger partial charge in [-0.3, -0.25) is 9.59 Å². The number of carbonyl (C=O) groups is 2. The first kappa shape index (κ1) is 28.3. The Hall–Kier alpha value is -4.23. The van der Waals surface area contributed by atoms with Crippen molar-refractivity contribution in [1.82, 2.24) is 0 Å². The van der Waals surface area contributed by atoms with Crippen LogP contribution in [0.2, 0.25) is 0 Å². The summed E-state index contributed by atoms with van der Waals surface area (Å²) in [5, 5.41) is 6.73. The van der Waals surface area contributed by atoms with E-state index in [4.69, 9.17) is 9.73 Å². The van der Waals surface area contributed by atoms with Crippen molar-refractivity contribution < 1.29 is 14.3 Å². The predicted molar refractivity (Wildman–Crippen MR) is 168 cm³/mol. The average molecular weight is 566 g/mol. The van der Waals surface area contributed by atoms with Crippen molar-refractivity contribution in [3.8, 4) is 5.75 Å². The first-order valence-electron chi connectivity index (χ1n) is 14.1. The number of nitrogens with one attached hydrogen (secondary N) is 2. The van der Waals surface area contributed by atoms with Gasteiger partial charge in [0.25, 0.3) is 11.8 Å². The standard InChI is InChI=1S/C34H35N3O3S/c1-23-14-15-24(2)29(20-23)37-33(39)32-28-12-8-3-4-9-13-30(28)41-34(32)35-21-25-16-18-27(19-17-25)40-22-31(38)36-26-10-6-5-7-11-26/h5-7,10-11,14-21H,3-4,8-9,12-13,22H2,1-2H3,(H,36,38)(H,37,39). The number of nitrogens with zero attached hydrogens (tertiary/aromatic N) is 1. The zero-order chi connectivity index (χ0) is 28.6. The fourth-order valence-electron chi connectivity index (χ4n) is 4.94. The number of anilines is 2. The van der Waals surface area contributed by atoms with Crippen LogP contribution >= 0.6 is 11.3 Å². The number of aryl methyl sites for hydroxylation is 3. The third-order valence-corrected chi connectivity index (χ3v) is 8.36. The predicted octanol–water partition coefficient (Wildman–Crippen LogP) is 8.04. The topological polar surface area (TPSA) is 79.8 Å². The summed E-state index contributed by atoms with van der Waals surface area (Å²) >= 11 is 1.64. The van der Waals surface area contributed by atoms with Gasteiger partial charge in [-0.15, -0.1) is 11.3 Å². The molecule has 0 saturated carbocycles. The summed E-state index contributed by atoms with van der Waals surface area (Å²) in [6, 6.07) is 22.8. The van der Waals surface area contributed by atoms with Gasteiger partial charge in [0, 0.05) is 22.5 Å². The number of benzene rings is 3. The molecular weight excluding hydrogens is 530 g/mol. The van der Waals surface area contributed by atoms with E-state index in [9.17, 15) is 9.59 Å². The van der Waals surface area contributed by atoms with Crippen LogP contribution < -0.4 is 15.4 Å². The maximum atomic E-state index is 13.7. The molecule has 3 aromatic carbocycles. The van der Waals surface area contributed by atoms with Crippen molar-refractivity contribution >= 4 is 45.7 Å². The molecule has 1 heterocycles. The molecule has 2 amide bonds. The third kappa shape index (κ3) is 7.50. The van der Waals surface area contributed by atoms with Gasteiger partial charge >= 0.3 is 0 Å². The first-order chi connectivity index (χ1) is 20.0. The Kier molecular flexibility index (Phi) is 9.26. The van der Waals surface area contributed by atoms with Crippen LogP contribution in [0.4, 0.5) is 16.4 Å². The highest BCUT2D eigenvalue weighted by Gasteiger charge is 2.24. The average Bonchev–Trinajstić information content (AvgIpc) is 3.30. The largest absolute Gasteiger partial charge is 0.484 e. The van der Waals surface area contributed by atoms with Crippen molar-refractivity contribution in [3.05, 3.63) is 105 Å². The maximum Gasteiger partial charge on any atom is 0.262 e. The Balaban J connectivity index is 1.31. The van der Waals surface area contributed by atoms with Crippen LogP contribution in [0.15, 0.2) is 77.8 Å². The van der Waals surface area contributed by atoms with Gasteiger partial charge in [0.1, 0.15) is 10.8 Å². The van der Waals surface area contributed by atoms with Gasteiger partial charge < -0.3 is 15.4 Å². The third-order valence-electron chi connectivity index (χ3n) is 7.16. The van der Waals surface area contributed by atoms with E-state index >= 15 is 0 Å². The van der Waals surface area contributed by atoms with E-state index in [2.05, 4.69) is 16.7 Å². The van der Waals surface area contributed by atoms with Crippen molar-refractivity contribution in [3.63, 3.8) is 0 Å². The number of ether oxygens (including phenoxy) is 1. The first-order valence-corrected chi connectivity index (χ1v) is 14.9. The van der Waals surface area contributed by atoms with Gasteiger partial charge in [-0.1, -0.05) is 43.2 Å². The molecule has 1 aliphatic carbocycles. The van der Waals surface area contributed by atoms with Crippen molar-refractivity contribution in [1.29, 1.82) is 0 Å². The molecule has 1 aromatic heterocycles. The number of hydrogen-bond acceptors (Lipinski definition) is 5. The van der Waals surface area contributed by atoms with E-state index in [1.807, 2.05) is 80.6 Å². The Morgan fingerprint density at radius 2 is 1.66 bits per heavy atom. The second kappa shape index (κ2) is 13.4. The highest BCUT2D eigenvalue weighted by Crippen LogP contribution is 2.39. The molecule has 1 aliphatic rings. The van der Waals surface area contributed by atoms with Crippen LogP contribution in [0, 0.1) is 13.8 Å². The molecular formula is C34H35N3O3S. The normalized spacial score (nSPS) is 13.2. The lowest BCUT2D eigenvalue weighted by Gasteiger charge is -2.13. The number of rotatable bonds is 8. The molecule has 0 bridgehead atoms. The van der Waals surface area contributed by atoms with Crippen LogP contribution in [-0.2, 0) is 17.6 Å².